The van der Waals surface area contributed by atoms with Gasteiger partial charge in [0.1, 0.15) is 0 Å². The standard InChI is InChI=1S/C15H21NO4/c1-18-12-6-11(7-13-14(12)20-10-19-13)8-16-9-15(2-3-15)4-5-17/h6-7,16-17H,2-5,8-10H2,1H3. The molecule has 0 amide bonds. The highest BCUT2D eigenvalue weighted by Gasteiger charge is 2.41. The number of methoxy groups -OCH3 is 1. The first-order valence-corrected chi connectivity index (χ1v) is 7.04. The van der Waals surface area contributed by atoms with Gasteiger partial charge in [-0.3, -0.25) is 0 Å². The van der Waals surface area contributed by atoms with E-state index in [4.69, 9.17) is 19.3 Å². The van der Waals surface area contributed by atoms with Gasteiger partial charge in [-0.15, -0.1) is 0 Å². The first-order chi connectivity index (χ1) is 9.76. The van der Waals surface area contributed by atoms with Crippen LogP contribution in [0.3, 0.4) is 0 Å². The molecule has 1 saturated carbocycles. The zero-order valence-corrected chi connectivity index (χ0v) is 11.8. The Kier molecular flexibility index (Phi) is 3.72. The van der Waals surface area contributed by atoms with Gasteiger partial charge in [0, 0.05) is 19.7 Å². The Morgan fingerprint density at radius 1 is 1.35 bits per heavy atom. The largest absolute Gasteiger partial charge is 0.493 e. The van der Waals surface area contributed by atoms with Crippen molar-refractivity contribution in [2.45, 2.75) is 25.8 Å². The number of fused-ring (bicyclic) bond motifs is 1. The molecule has 0 aromatic heterocycles. The maximum atomic E-state index is 9.06. The van der Waals surface area contributed by atoms with Crippen molar-refractivity contribution in [2.24, 2.45) is 5.41 Å². The number of benzene rings is 1. The van der Waals surface area contributed by atoms with Crippen molar-refractivity contribution in [3.8, 4) is 17.2 Å². The molecule has 0 atom stereocenters. The van der Waals surface area contributed by atoms with Gasteiger partial charge < -0.3 is 24.6 Å². The van der Waals surface area contributed by atoms with Crippen molar-refractivity contribution in [1.29, 1.82) is 0 Å². The molecule has 1 aliphatic carbocycles. The molecule has 0 bridgehead atoms. The van der Waals surface area contributed by atoms with E-state index < -0.39 is 0 Å². The van der Waals surface area contributed by atoms with Crippen molar-refractivity contribution >= 4 is 0 Å². The number of aliphatic hydroxyl groups is 1. The average Bonchev–Trinajstić information content (AvgIpc) is 3.04. The summed E-state index contributed by atoms with van der Waals surface area (Å²) in [6.07, 6.45) is 3.32. The second-order valence-corrected chi connectivity index (χ2v) is 5.61. The number of hydrogen-bond donors (Lipinski definition) is 2. The fourth-order valence-electron chi connectivity index (χ4n) is 2.69. The summed E-state index contributed by atoms with van der Waals surface area (Å²) in [6, 6.07) is 3.97. The average molecular weight is 279 g/mol. The second-order valence-electron chi connectivity index (χ2n) is 5.61. The molecule has 0 unspecified atom stereocenters. The van der Waals surface area contributed by atoms with Gasteiger partial charge in [-0.1, -0.05) is 0 Å². The maximum Gasteiger partial charge on any atom is 0.231 e. The summed E-state index contributed by atoms with van der Waals surface area (Å²) in [5, 5.41) is 12.5. The molecule has 5 heteroatoms. The van der Waals surface area contributed by atoms with Crippen molar-refractivity contribution in [3.05, 3.63) is 17.7 Å². The van der Waals surface area contributed by atoms with Gasteiger partial charge >= 0.3 is 0 Å². The van der Waals surface area contributed by atoms with Crippen LogP contribution < -0.4 is 19.5 Å². The summed E-state index contributed by atoms with van der Waals surface area (Å²) in [5.41, 5.74) is 1.45. The molecule has 0 radical (unpaired) electrons. The Hall–Kier alpha value is -1.46. The quantitative estimate of drug-likeness (QED) is 0.795. The lowest BCUT2D eigenvalue weighted by Gasteiger charge is -2.15. The third kappa shape index (κ3) is 2.69. The normalized spacial score (nSPS) is 18.1. The predicted molar refractivity (Wildman–Crippen MR) is 74.2 cm³/mol. The Labute approximate surface area is 118 Å². The van der Waals surface area contributed by atoms with Crippen molar-refractivity contribution in [2.75, 3.05) is 27.1 Å². The summed E-state index contributed by atoms with van der Waals surface area (Å²) in [7, 11) is 1.63. The van der Waals surface area contributed by atoms with Gasteiger partial charge in [0.15, 0.2) is 11.5 Å². The molecule has 1 fully saturated rings. The van der Waals surface area contributed by atoms with Gasteiger partial charge in [0.25, 0.3) is 0 Å². The van der Waals surface area contributed by atoms with Crippen LogP contribution >= 0.6 is 0 Å². The highest BCUT2D eigenvalue weighted by Crippen LogP contribution is 2.48. The number of nitrogens with one attached hydrogen (secondary N) is 1. The summed E-state index contributed by atoms with van der Waals surface area (Å²) in [4.78, 5) is 0. The topological polar surface area (TPSA) is 60.0 Å². The molecule has 2 aliphatic rings. The van der Waals surface area contributed by atoms with Gasteiger partial charge in [-0.25, -0.2) is 0 Å². The van der Waals surface area contributed by atoms with Crippen LogP contribution in [0.2, 0.25) is 0 Å². The molecule has 5 nitrogen and oxygen atoms in total. The number of ether oxygens (including phenoxy) is 3. The van der Waals surface area contributed by atoms with Crippen LogP contribution in [0.4, 0.5) is 0 Å². The zero-order valence-electron chi connectivity index (χ0n) is 11.8. The molecule has 0 saturated heterocycles. The summed E-state index contributed by atoms with van der Waals surface area (Å²) in [6.45, 7) is 2.24. The zero-order chi connectivity index (χ0) is 14.0. The molecule has 1 aliphatic heterocycles. The number of hydrogen-bond acceptors (Lipinski definition) is 5. The van der Waals surface area contributed by atoms with Crippen LogP contribution in [0.1, 0.15) is 24.8 Å². The van der Waals surface area contributed by atoms with E-state index >= 15 is 0 Å². The highest BCUT2D eigenvalue weighted by molar-refractivity contribution is 5.55. The van der Waals surface area contributed by atoms with E-state index in [-0.39, 0.29) is 13.4 Å². The van der Waals surface area contributed by atoms with E-state index in [2.05, 4.69) is 5.32 Å². The van der Waals surface area contributed by atoms with Crippen LogP contribution in [0.5, 0.6) is 17.2 Å². The van der Waals surface area contributed by atoms with Crippen LogP contribution in [0.15, 0.2) is 12.1 Å². The van der Waals surface area contributed by atoms with E-state index in [0.29, 0.717) is 16.9 Å². The molecule has 1 aromatic rings. The predicted octanol–water partition coefficient (Wildman–Crippen LogP) is 1.68. The monoisotopic (exact) mass is 279 g/mol. The van der Waals surface area contributed by atoms with E-state index in [0.717, 1.165) is 30.8 Å². The van der Waals surface area contributed by atoms with E-state index in [9.17, 15) is 0 Å². The Balaban J connectivity index is 1.60. The lowest BCUT2D eigenvalue weighted by molar-refractivity contribution is 0.171. The molecule has 0 spiro atoms. The van der Waals surface area contributed by atoms with Crippen LogP contribution in [0.25, 0.3) is 0 Å². The molecule has 1 heterocycles. The summed E-state index contributed by atoms with van der Waals surface area (Å²) >= 11 is 0. The Morgan fingerprint density at radius 3 is 2.90 bits per heavy atom. The van der Waals surface area contributed by atoms with Crippen molar-refractivity contribution < 1.29 is 19.3 Å². The van der Waals surface area contributed by atoms with Crippen LogP contribution in [-0.4, -0.2) is 32.2 Å². The maximum absolute atomic E-state index is 9.06. The summed E-state index contributed by atoms with van der Waals surface area (Å²) in [5.74, 6) is 2.15. The third-order valence-electron chi connectivity index (χ3n) is 4.15. The molecular weight excluding hydrogens is 258 g/mol. The van der Waals surface area contributed by atoms with Crippen molar-refractivity contribution in [3.63, 3.8) is 0 Å². The molecular formula is C15H21NO4. The Bertz CT molecular complexity index is 485. The Morgan fingerprint density at radius 2 is 2.20 bits per heavy atom. The molecule has 2 N–H and O–H groups in total. The minimum absolute atomic E-state index is 0.252. The molecule has 3 rings (SSSR count). The smallest absolute Gasteiger partial charge is 0.231 e. The molecule has 110 valence electrons. The molecule has 1 aromatic carbocycles. The summed E-state index contributed by atoms with van der Waals surface area (Å²) < 4.78 is 16.1. The fraction of sp³-hybridized carbons (Fsp3) is 0.600. The highest BCUT2D eigenvalue weighted by atomic mass is 16.7. The van der Waals surface area contributed by atoms with Crippen LogP contribution in [0, 0.1) is 5.41 Å². The second kappa shape index (κ2) is 5.50. The minimum atomic E-state index is 0.252. The third-order valence-corrected chi connectivity index (χ3v) is 4.15. The van der Waals surface area contributed by atoms with Gasteiger partial charge in [0.05, 0.1) is 7.11 Å². The van der Waals surface area contributed by atoms with Gasteiger partial charge in [0.2, 0.25) is 12.5 Å². The van der Waals surface area contributed by atoms with Gasteiger partial charge in [-0.2, -0.15) is 0 Å². The van der Waals surface area contributed by atoms with Gasteiger partial charge in [-0.05, 0) is 42.4 Å². The molecule has 20 heavy (non-hydrogen) atoms. The van der Waals surface area contributed by atoms with E-state index in [1.165, 1.54) is 12.8 Å². The van der Waals surface area contributed by atoms with Crippen molar-refractivity contribution in [1.82, 2.24) is 5.32 Å². The lowest BCUT2D eigenvalue weighted by Crippen LogP contribution is -2.24. The van der Waals surface area contributed by atoms with Crippen LogP contribution in [-0.2, 0) is 6.54 Å². The fourth-order valence-corrected chi connectivity index (χ4v) is 2.69. The minimum Gasteiger partial charge on any atom is -0.493 e. The number of aliphatic hydroxyl groups excluding tert-OH is 1. The number of rotatable bonds is 7. The first kappa shape index (κ1) is 13.5. The van der Waals surface area contributed by atoms with E-state index in [1.54, 1.807) is 7.11 Å². The van der Waals surface area contributed by atoms with E-state index in [1.807, 2.05) is 12.1 Å². The first-order valence-electron chi connectivity index (χ1n) is 7.04. The SMILES string of the molecule is COc1cc(CNCC2(CCO)CC2)cc2c1OCO2. The lowest BCUT2D eigenvalue weighted by atomic mass is 10.0.